The number of methoxy groups -OCH3 is 1. The molecule has 0 fully saturated rings. The third kappa shape index (κ3) is 4.16. The first-order chi connectivity index (χ1) is 10.2. The Labute approximate surface area is 124 Å². The number of hydrogen-bond acceptors (Lipinski definition) is 5. The molecule has 1 aromatic heterocycles. The quantitative estimate of drug-likeness (QED) is 0.625. The number of aromatic nitrogens is 1. The number of carbonyl (C=O) groups is 1. The van der Waals surface area contributed by atoms with Crippen LogP contribution in [-0.4, -0.2) is 31.2 Å². The molecule has 0 spiro atoms. The number of pyridine rings is 1. The second-order valence-electron chi connectivity index (χ2n) is 4.57. The molecule has 2 aromatic rings. The minimum absolute atomic E-state index is 0.182. The maximum Gasteiger partial charge on any atom is 0.307 e. The molecule has 0 aliphatic heterocycles. The van der Waals surface area contributed by atoms with Gasteiger partial charge in [0.2, 0.25) is 0 Å². The molecule has 112 valence electrons. The summed E-state index contributed by atoms with van der Waals surface area (Å²) in [5, 5.41) is 4.23. The second-order valence-corrected chi connectivity index (χ2v) is 4.57. The van der Waals surface area contributed by atoms with Gasteiger partial charge in [0.05, 0.1) is 25.8 Å². The first-order valence-electron chi connectivity index (χ1n) is 7.03. The van der Waals surface area contributed by atoms with Gasteiger partial charge in [-0.2, -0.15) is 0 Å². The Balaban J connectivity index is 1.95. The third-order valence-corrected chi connectivity index (χ3v) is 3.08. The summed E-state index contributed by atoms with van der Waals surface area (Å²) in [6.07, 6.45) is 0.366. The lowest BCUT2D eigenvalue weighted by atomic mass is 10.2. The summed E-state index contributed by atoms with van der Waals surface area (Å²) in [6, 6.07) is 9.84. The van der Waals surface area contributed by atoms with E-state index in [0.717, 1.165) is 22.3 Å². The molecule has 0 unspecified atom stereocenters. The number of benzene rings is 1. The summed E-state index contributed by atoms with van der Waals surface area (Å²) >= 11 is 0. The number of hydrogen-bond donors (Lipinski definition) is 1. The Morgan fingerprint density at radius 1 is 1.29 bits per heavy atom. The zero-order valence-corrected chi connectivity index (χ0v) is 12.4. The lowest BCUT2D eigenvalue weighted by molar-refractivity contribution is -0.142. The fourth-order valence-electron chi connectivity index (χ4n) is 2.06. The normalized spacial score (nSPS) is 10.6. The van der Waals surface area contributed by atoms with Crippen LogP contribution in [0.3, 0.4) is 0 Å². The van der Waals surface area contributed by atoms with Gasteiger partial charge in [-0.1, -0.05) is 18.2 Å². The fourth-order valence-corrected chi connectivity index (χ4v) is 2.06. The summed E-state index contributed by atoms with van der Waals surface area (Å²) in [7, 11) is 1.64. The maximum atomic E-state index is 11.2. The minimum atomic E-state index is -0.182. The summed E-state index contributed by atoms with van der Waals surface area (Å²) in [5.41, 5.74) is 1.76. The van der Waals surface area contributed by atoms with Gasteiger partial charge in [-0.25, -0.2) is 4.98 Å². The van der Waals surface area contributed by atoms with E-state index in [2.05, 4.69) is 10.3 Å². The molecule has 5 heteroatoms. The lowest BCUT2D eigenvalue weighted by Crippen LogP contribution is -2.19. The molecule has 0 aliphatic rings. The van der Waals surface area contributed by atoms with E-state index < -0.39 is 0 Å². The SMILES string of the molecule is CCOC(=O)CCNCc1ccc2cccc(OC)c2n1. The Morgan fingerprint density at radius 2 is 2.14 bits per heavy atom. The van der Waals surface area contributed by atoms with Gasteiger partial charge in [-0.3, -0.25) is 4.79 Å². The summed E-state index contributed by atoms with van der Waals surface area (Å²) in [6.45, 7) is 3.40. The highest BCUT2D eigenvalue weighted by Gasteiger charge is 2.05. The highest BCUT2D eigenvalue weighted by atomic mass is 16.5. The first kappa shape index (κ1) is 15.3. The summed E-state index contributed by atoms with van der Waals surface area (Å²) < 4.78 is 10.2. The van der Waals surface area contributed by atoms with Gasteiger partial charge in [-0.05, 0) is 19.1 Å². The predicted molar refractivity (Wildman–Crippen MR) is 81.3 cm³/mol. The molecule has 2 rings (SSSR count). The molecular formula is C16H20N2O3. The van der Waals surface area contributed by atoms with Gasteiger partial charge in [0.1, 0.15) is 11.3 Å². The van der Waals surface area contributed by atoms with Gasteiger partial charge in [0.25, 0.3) is 0 Å². The van der Waals surface area contributed by atoms with Crippen LogP contribution in [0.4, 0.5) is 0 Å². The van der Waals surface area contributed by atoms with Crippen LogP contribution in [0.5, 0.6) is 5.75 Å². The van der Waals surface area contributed by atoms with Crippen LogP contribution in [0.2, 0.25) is 0 Å². The summed E-state index contributed by atoms with van der Waals surface area (Å²) in [4.78, 5) is 15.8. The summed E-state index contributed by atoms with van der Waals surface area (Å²) in [5.74, 6) is 0.582. The molecule has 0 amide bonds. The van der Waals surface area contributed by atoms with Crippen molar-refractivity contribution < 1.29 is 14.3 Å². The van der Waals surface area contributed by atoms with Crippen molar-refractivity contribution in [3.63, 3.8) is 0 Å². The molecule has 1 aromatic carbocycles. The van der Waals surface area contributed by atoms with Crippen molar-refractivity contribution >= 4 is 16.9 Å². The van der Waals surface area contributed by atoms with Gasteiger partial charge >= 0.3 is 5.97 Å². The zero-order valence-electron chi connectivity index (χ0n) is 12.4. The Hall–Kier alpha value is -2.14. The predicted octanol–water partition coefficient (Wildman–Crippen LogP) is 2.29. The largest absolute Gasteiger partial charge is 0.494 e. The molecule has 0 saturated carbocycles. The first-order valence-corrected chi connectivity index (χ1v) is 7.03. The Morgan fingerprint density at radius 3 is 2.90 bits per heavy atom. The number of fused-ring (bicyclic) bond motifs is 1. The smallest absolute Gasteiger partial charge is 0.307 e. The van der Waals surface area contributed by atoms with E-state index in [4.69, 9.17) is 9.47 Å². The van der Waals surface area contributed by atoms with Crippen molar-refractivity contribution in [3.8, 4) is 5.75 Å². The van der Waals surface area contributed by atoms with Crippen LogP contribution in [-0.2, 0) is 16.1 Å². The Bertz CT molecular complexity index is 613. The Kier molecular flexibility index (Phi) is 5.51. The molecular weight excluding hydrogens is 268 g/mol. The van der Waals surface area contributed by atoms with Crippen LogP contribution in [0, 0.1) is 0 Å². The van der Waals surface area contributed by atoms with Crippen LogP contribution < -0.4 is 10.1 Å². The van der Waals surface area contributed by atoms with Crippen molar-refractivity contribution in [1.29, 1.82) is 0 Å². The molecule has 0 saturated heterocycles. The highest BCUT2D eigenvalue weighted by molar-refractivity contribution is 5.84. The van der Waals surface area contributed by atoms with Gasteiger partial charge in [-0.15, -0.1) is 0 Å². The van der Waals surface area contributed by atoms with E-state index in [0.29, 0.717) is 26.1 Å². The van der Waals surface area contributed by atoms with E-state index >= 15 is 0 Å². The number of nitrogens with one attached hydrogen (secondary N) is 1. The monoisotopic (exact) mass is 288 g/mol. The molecule has 5 nitrogen and oxygen atoms in total. The van der Waals surface area contributed by atoms with E-state index in [9.17, 15) is 4.79 Å². The van der Waals surface area contributed by atoms with E-state index in [1.807, 2.05) is 30.3 Å². The van der Waals surface area contributed by atoms with Crippen LogP contribution in [0.15, 0.2) is 30.3 Å². The highest BCUT2D eigenvalue weighted by Crippen LogP contribution is 2.23. The van der Waals surface area contributed by atoms with Gasteiger partial charge < -0.3 is 14.8 Å². The second kappa shape index (κ2) is 7.59. The zero-order chi connectivity index (χ0) is 15.1. The average molecular weight is 288 g/mol. The lowest BCUT2D eigenvalue weighted by Gasteiger charge is -2.08. The number of rotatable bonds is 7. The van der Waals surface area contributed by atoms with Crippen molar-refractivity contribution in [2.75, 3.05) is 20.3 Å². The van der Waals surface area contributed by atoms with E-state index in [1.54, 1.807) is 14.0 Å². The molecule has 0 bridgehead atoms. The number of ether oxygens (including phenoxy) is 2. The molecule has 21 heavy (non-hydrogen) atoms. The molecule has 0 radical (unpaired) electrons. The maximum absolute atomic E-state index is 11.2. The van der Waals surface area contributed by atoms with Gasteiger partial charge in [0.15, 0.2) is 0 Å². The van der Waals surface area contributed by atoms with Crippen molar-refractivity contribution in [2.24, 2.45) is 0 Å². The molecule has 1 N–H and O–H groups in total. The molecule has 1 heterocycles. The van der Waals surface area contributed by atoms with E-state index in [-0.39, 0.29) is 5.97 Å². The molecule has 0 atom stereocenters. The molecule has 0 aliphatic carbocycles. The van der Waals surface area contributed by atoms with Crippen LogP contribution >= 0.6 is 0 Å². The number of para-hydroxylation sites is 1. The average Bonchev–Trinajstić information content (AvgIpc) is 2.51. The number of nitrogens with zero attached hydrogens (tertiary/aromatic N) is 1. The van der Waals surface area contributed by atoms with Crippen LogP contribution in [0.25, 0.3) is 10.9 Å². The van der Waals surface area contributed by atoms with Gasteiger partial charge in [0, 0.05) is 18.5 Å². The minimum Gasteiger partial charge on any atom is -0.494 e. The number of esters is 1. The fraction of sp³-hybridized carbons (Fsp3) is 0.375. The topological polar surface area (TPSA) is 60.5 Å². The van der Waals surface area contributed by atoms with Crippen LogP contribution in [0.1, 0.15) is 19.0 Å². The number of carbonyl (C=O) groups excluding carboxylic acids is 1. The van der Waals surface area contributed by atoms with E-state index in [1.165, 1.54) is 0 Å². The van der Waals surface area contributed by atoms with Crippen molar-refractivity contribution in [1.82, 2.24) is 10.3 Å². The standard InChI is InChI=1S/C16H20N2O3/c1-3-21-15(19)9-10-17-11-13-8-7-12-5-4-6-14(20-2)16(12)18-13/h4-8,17H,3,9-11H2,1-2H3. The third-order valence-electron chi connectivity index (χ3n) is 3.08. The van der Waals surface area contributed by atoms with Crippen molar-refractivity contribution in [2.45, 2.75) is 19.9 Å². The van der Waals surface area contributed by atoms with Crippen molar-refractivity contribution in [3.05, 3.63) is 36.0 Å².